The molecule has 10 heteroatoms. The van der Waals surface area contributed by atoms with Crippen molar-refractivity contribution in [2.45, 2.75) is 27.2 Å². The average Bonchev–Trinajstić information content (AvgIpc) is 3.57. The Hall–Kier alpha value is -4.47. The maximum absolute atomic E-state index is 13.2. The van der Waals surface area contributed by atoms with E-state index in [1.165, 1.54) is 10.9 Å². The molecule has 1 aliphatic heterocycles. The Kier molecular flexibility index (Phi) is 5.56. The topological polar surface area (TPSA) is 126 Å². The van der Waals surface area contributed by atoms with Crippen LogP contribution in [0.15, 0.2) is 57.9 Å². The molecule has 1 aromatic carbocycles. The van der Waals surface area contributed by atoms with Crippen molar-refractivity contribution in [2.24, 2.45) is 5.92 Å². The first kappa shape index (κ1) is 22.3. The summed E-state index contributed by atoms with van der Waals surface area (Å²) >= 11 is 0. The standard InChI is InChI=1S/C25H24N6O4/c1-14-6-4-7-18(10-14)30-13-17(11-22(30)32)24(34)27-21-12-19(20-8-5-9-35-20)29-31(21)25-26-16(3)15(2)23(33)28-25/h4-10,12,17H,11,13H2,1-3H3,(H,27,34)(H,26,28,33). The van der Waals surface area contributed by atoms with Crippen LogP contribution in [0.4, 0.5) is 11.5 Å². The fourth-order valence-corrected chi connectivity index (χ4v) is 4.06. The van der Waals surface area contributed by atoms with Gasteiger partial charge in [-0.15, -0.1) is 0 Å². The van der Waals surface area contributed by atoms with Crippen molar-refractivity contribution in [1.29, 1.82) is 0 Å². The van der Waals surface area contributed by atoms with Crippen LogP contribution < -0.4 is 15.8 Å². The predicted octanol–water partition coefficient (Wildman–Crippen LogP) is 3.13. The summed E-state index contributed by atoms with van der Waals surface area (Å²) in [5, 5.41) is 7.37. The lowest BCUT2D eigenvalue weighted by Crippen LogP contribution is -2.29. The summed E-state index contributed by atoms with van der Waals surface area (Å²) in [4.78, 5) is 47.0. The van der Waals surface area contributed by atoms with Crippen molar-refractivity contribution in [3.8, 4) is 17.4 Å². The molecule has 2 amide bonds. The predicted molar refractivity (Wildman–Crippen MR) is 129 cm³/mol. The number of anilines is 2. The normalized spacial score (nSPS) is 15.6. The molecule has 1 atom stereocenters. The van der Waals surface area contributed by atoms with E-state index in [2.05, 4.69) is 20.4 Å². The van der Waals surface area contributed by atoms with Crippen molar-refractivity contribution in [3.63, 3.8) is 0 Å². The molecule has 0 spiro atoms. The van der Waals surface area contributed by atoms with E-state index < -0.39 is 5.92 Å². The second-order valence-electron chi connectivity index (χ2n) is 8.64. The lowest BCUT2D eigenvalue weighted by Gasteiger charge is -2.17. The molecule has 4 heterocycles. The number of aryl methyl sites for hydroxylation is 2. The third-order valence-electron chi connectivity index (χ3n) is 6.13. The minimum Gasteiger partial charge on any atom is -0.463 e. The van der Waals surface area contributed by atoms with E-state index in [0.717, 1.165) is 11.3 Å². The van der Waals surface area contributed by atoms with Gasteiger partial charge in [0, 0.05) is 36.0 Å². The van der Waals surface area contributed by atoms with Crippen LogP contribution in [0.5, 0.6) is 0 Å². The Bertz CT molecular complexity index is 1480. The Labute approximate surface area is 200 Å². The highest BCUT2D eigenvalue weighted by Gasteiger charge is 2.35. The van der Waals surface area contributed by atoms with Gasteiger partial charge in [-0.2, -0.15) is 9.78 Å². The molecule has 0 aliphatic carbocycles. The molecule has 178 valence electrons. The van der Waals surface area contributed by atoms with E-state index in [-0.39, 0.29) is 36.3 Å². The number of furan rings is 1. The Morgan fingerprint density at radius 1 is 1.14 bits per heavy atom. The van der Waals surface area contributed by atoms with E-state index in [1.54, 1.807) is 36.9 Å². The van der Waals surface area contributed by atoms with Crippen LogP contribution in [0.3, 0.4) is 0 Å². The SMILES string of the molecule is Cc1cccc(N2CC(C(=O)Nc3cc(-c4ccco4)nn3-c3nc(C)c(C)c(=O)[nH]3)CC2=O)c1. The zero-order valence-electron chi connectivity index (χ0n) is 19.5. The number of H-pyrrole nitrogens is 1. The number of rotatable bonds is 5. The third-order valence-corrected chi connectivity index (χ3v) is 6.13. The van der Waals surface area contributed by atoms with Gasteiger partial charge in [-0.1, -0.05) is 12.1 Å². The number of aromatic amines is 1. The summed E-state index contributed by atoms with van der Waals surface area (Å²) in [5.74, 6) is -0.0332. The number of hydrogen-bond donors (Lipinski definition) is 2. The van der Waals surface area contributed by atoms with Crippen LogP contribution in [-0.2, 0) is 9.59 Å². The van der Waals surface area contributed by atoms with Crippen molar-refractivity contribution < 1.29 is 14.0 Å². The maximum atomic E-state index is 13.2. The van der Waals surface area contributed by atoms with Crippen LogP contribution in [0.1, 0.15) is 23.2 Å². The lowest BCUT2D eigenvalue weighted by atomic mass is 10.1. The zero-order valence-corrected chi connectivity index (χ0v) is 19.5. The number of amides is 2. The van der Waals surface area contributed by atoms with Crippen LogP contribution in [-0.4, -0.2) is 38.1 Å². The Morgan fingerprint density at radius 3 is 2.69 bits per heavy atom. The molecule has 0 radical (unpaired) electrons. The molecule has 4 aromatic rings. The summed E-state index contributed by atoms with van der Waals surface area (Å²) in [5.41, 5.74) is 3.01. The maximum Gasteiger partial charge on any atom is 0.255 e. The molecule has 1 aliphatic rings. The molecule has 5 rings (SSSR count). The minimum absolute atomic E-state index is 0.0949. The summed E-state index contributed by atoms with van der Waals surface area (Å²) in [7, 11) is 0. The molecule has 3 aromatic heterocycles. The smallest absolute Gasteiger partial charge is 0.255 e. The van der Waals surface area contributed by atoms with Gasteiger partial charge in [0.15, 0.2) is 5.76 Å². The van der Waals surface area contributed by atoms with Gasteiger partial charge in [-0.3, -0.25) is 19.4 Å². The summed E-state index contributed by atoms with van der Waals surface area (Å²) in [6.07, 6.45) is 1.62. The number of carbonyl (C=O) groups is 2. The second-order valence-corrected chi connectivity index (χ2v) is 8.64. The van der Waals surface area contributed by atoms with Crippen LogP contribution in [0.2, 0.25) is 0 Å². The molecule has 10 nitrogen and oxygen atoms in total. The second kappa shape index (κ2) is 8.71. The van der Waals surface area contributed by atoms with Gasteiger partial charge in [-0.05, 0) is 50.6 Å². The van der Waals surface area contributed by atoms with Gasteiger partial charge in [-0.25, -0.2) is 4.98 Å². The summed E-state index contributed by atoms with van der Waals surface area (Å²) in [6, 6.07) is 12.7. The Morgan fingerprint density at radius 2 is 1.97 bits per heavy atom. The van der Waals surface area contributed by atoms with Crippen molar-refractivity contribution in [3.05, 3.63) is 75.9 Å². The summed E-state index contributed by atoms with van der Waals surface area (Å²) < 4.78 is 6.81. The number of nitrogens with one attached hydrogen (secondary N) is 2. The molecule has 1 saturated heterocycles. The first-order valence-corrected chi connectivity index (χ1v) is 11.2. The largest absolute Gasteiger partial charge is 0.463 e. The molecule has 0 saturated carbocycles. The molecule has 0 bridgehead atoms. The number of benzene rings is 1. The summed E-state index contributed by atoms with van der Waals surface area (Å²) in [6.45, 7) is 5.64. The first-order valence-electron chi connectivity index (χ1n) is 11.2. The van der Waals surface area contributed by atoms with E-state index in [4.69, 9.17) is 4.42 Å². The molecule has 35 heavy (non-hydrogen) atoms. The molecular weight excluding hydrogens is 448 g/mol. The van der Waals surface area contributed by atoms with Crippen LogP contribution in [0, 0.1) is 26.7 Å². The third kappa shape index (κ3) is 4.25. The van der Waals surface area contributed by atoms with Gasteiger partial charge in [0.1, 0.15) is 11.5 Å². The number of aromatic nitrogens is 4. The van der Waals surface area contributed by atoms with Crippen LogP contribution >= 0.6 is 0 Å². The van der Waals surface area contributed by atoms with Gasteiger partial charge in [0.25, 0.3) is 5.56 Å². The molecule has 2 N–H and O–H groups in total. The fourth-order valence-electron chi connectivity index (χ4n) is 4.06. The van der Waals surface area contributed by atoms with E-state index >= 15 is 0 Å². The van der Waals surface area contributed by atoms with E-state index in [1.807, 2.05) is 31.2 Å². The highest BCUT2D eigenvalue weighted by atomic mass is 16.3. The van der Waals surface area contributed by atoms with Crippen molar-refractivity contribution >= 4 is 23.3 Å². The van der Waals surface area contributed by atoms with Crippen LogP contribution in [0.25, 0.3) is 17.4 Å². The number of carbonyl (C=O) groups excluding carboxylic acids is 2. The van der Waals surface area contributed by atoms with Crippen molar-refractivity contribution in [2.75, 3.05) is 16.8 Å². The zero-order chi connectivity index (χ0) is 24.7. The highest BCUT2D eigenvalue weighted by molar-refractivity contribution is 6.03. The number of hydrogen-bond acceptors (Lipinski definition) is 6. The van der Waals surface area contributed by atoms with E-state index in [9.17, 15) is 14.4 Å². The lowest BCUT2D eigenvalue weighted by molar-refractivity contribution is -0.122. The number of nitrogens with zero attached hydrogens (tertiary/aromatic N) is 4. The molecule has 1 fully saturated rings. The first-order chi connectivity index (χ1) is 16.8. The van der Waals surface area contributed by atoms with Gasteiger partial charge < -0.3 is 14.6 Å². The Balaban J connectivity index is 1.45. The van der Waals surface area contributed by atoms with Gasteiger partial charge in [0.05, 0.1) is 12.2 Å². The quantitative estimate of drug-likeness (QED) is 0.460. The molecular formula is C25H24N6O4. The van der Waals surface area contributed by atoms with Gasteiger partial charge >= 0.3 is 0 Å². The highest BCUT2D eigenvalue weighted by Crippen LogP contribution is 2.28. The monoisotopic (exact) mass is 472 g/mol. The minimum atomic E-state index is -0.551. The average molecular weight is 473 g/mol. The van der Waals surface area contributed by atoms with Gasteiger partial charge in [0.2, 0.25) is 17.8 Å². The van der Waals surface area contributed by atoms with Crippen molar-refractivity contribution in [1.82, 2.24) is 19.7 Å². The molecule has 1 unspecified atom stereocenters. The van der Waals surface area contributed by atoms with E-state index in [0.29, 0.717) is 28.5 Å². The fraction of sp³-hybridized carbons (Fsp3) is 0.240.